The second-order valence-corrected chi connectivity index (χ2v) is 7.91. The van der Waals surface area contributed by atoms with Crippen LogP contribution in [0.3, 0.4) is 0 Å². The van der Waals surface area contributed by atoms with Crippen molar-refractivity contribution in [2.24, 2.45) is 0 Å². The summed E-state index contributed by atoms with van der Waals surface area (Å²) in [5.74, 6) is -0.903. The van der Waals surface area contributed by atoms with Gasteiger partial charge in [0, 0.05) is 12.0 Å². The number of thiocarbonyl (C=S) groups is 1. The molecule has 0 unspecified atom stereocenters. The smallest absolute Gasteiger partial charge is 0.327 e. The Kier molecular flexibility index (Phi) is 6.85. The summed E-state index contributed by atoms with van der Waals surface area (Å²) in [5.41, 5.74) is 1.53. The third kappa shape index (κ3) is 4.93. The maximum Gasteiger partial charge on any atom is 0.327 e. The highest BCUT2D eigenvalue weighted by molar-refractivity contribution is 8.26. The Morgan fingerprint density at radius 3 is 2.59 bits per heavy atom. The number of carboxylic acid groups (broad SMARTS) is 1. The molecule has 0 aliphatic carbocycles. The molecule has 7 heteroatoms. The van der Waals surface area contributed by atoms with Crippen LogP contribution < -0.4 is 4.74 Å². The predicted octanol–water partition coefficient (Wildman–Crippen LogP) is 4.15. The highest BCUT2D eigenvalue weighted by Gasteiger charge is 2.40. The summed E-state index contributed by atoms with van der Waals surface area (Å²) in [5, 5.41) is 9.74. The Hall–Kier alpha value is -2.90. The summed E-state index contributed by atoms with van der Waals surface area (Å²) in [4.78, 5) is 26.5. The minimum atomic E-state index is -1.10. The third-order valence-corrected chi connectivity index (χ3v) is 5.58. The Morgan fingerprint density at radius 1 is 1.21 bits per heavy atom. The van der Waals surface area contributed by atoms with Crippen molar-refractivity contribution in [1.29, 1.82) is 0 Å². The van der Waals surface area contributed by atoms with Crippen LogP contribution >= 0.6 is 24.0 Å². The summed E-state index contributed by atoms with van der Waals surface area (Å²) in [6.07, 6.45) is 3.49. The van der Waals surface area contributed by atoms with Crippen molar-refractivity contribution in [1.82, 2.24) is 4.90 Å². The summed E-state index contributed by atoms with van der Waals surface area (Å²) in [6.45, 7) is 3.97. The molecule has 2 aromatic carbocycles. The SMILES string of the molecule is C=CCOc1ccccc1/C=C1\SC(=S)N([C@H](Cc2ccccc2)C(=O)O)C1=O. The molecule has 1 amide bonds. The first-order valence-corrected chi connectivity index (χ1v) is 10.1. The number of carbonyl (C=O) groups is 2. The number of aliphatic carboxylic acids is 1. The lowest BCUT2D eigenvalue weighted by molar-refractivity contribution is -0.145. The quantitative estimate of drug-likeness (QED) is 0.389. The van der Waals surface area contributed by atoms with Crippen molar-refractivity contribution in [3.63, 3.8) is 0 Å². The first kappa shape index (κ1) is 20.8. The monoisotopic (exact) mass is 425 g/mol. The molecule has 0 saturated carbocycles. The average Bonchev–Trinajstić information content (AvgIpc) is 2.99. The molecule has 29 heavy (non-hydrogen) atoms. The fourth-order valence-electron chi connectivity index (χ4n) is 2.90. The molecular weight excluding hydrogens is 406 g/mol. The summed E-state index contributed by atoms with van der Waals surface area (Å²) < 4.78 is 5.86. The van der Waals surface area contributed by atoms with E-state index >= 15 is 0 Å². The van der Waals surface area contributed by atoms with E-state index in [0.717, 1.165) is 17.3 Å². The van der Waals surface area contributed by atoms with Crippen molar-refractivity contribution >= 4 is 46.3 Å². The van der Waals surface area contributed by atoms with Gasteiger partial charge in [0.15, 0.2) is 0 Å². The van der Waals surface area contributed by atoms with E-state index in [-0.39, 0.29) is 10.7 Å². The zero-order valence-electron chi connectivity index (χ0n) is 15.5. The van der Waals surface area contributed by atoms with Gasteiger partial charge < -0.3 is 9.84 Å². The highest BCUT2D eigenvalue weighted by atomic mass is 32.2. The summed E-state index contributed by atoms with van der Waals surface area (Å²) in [7, 11) is 0. The largest absolute Gasteiger partial charge is 0.489 e. The van der Waals surface area contributed by atoms with E-state index in [2.05, 4.69) is 6.58 Å². The van der Waals surface area contributed by atoms with Gasteiger partial charge in [-0.1, -0.05) is 85.2 Å². The van der Waals surface area contributed by atoms with Crippen molar-refractivity contribution in [3.05, 3.63) is 83.3 Å². The number of carboxylic acids is 1. The molecule has 1 saturated heterocycles. The van der Waals surface area contributed by atoms with Crippen molar-refractivity contribution < 1.29 is 19.4 Å². The first-order chi connectivity index (χ1) is 14.0. The number of carbonyl (C=O) groups excluding carboxylic acids is 1. The van der Waals surface area contributed by atoms with Gasteiger partial charge in [-0.3, -0.25) is 9.69 Å². The molecule has 0 bridgehead atoms. The number of hydrogen-bond donors (Lipinski definition) is 1. The molecule has 148 valence electrons. The van der Waals surface area contributed by atoms with Crippen LogP contribution in [0.4, 0.5) is 0 Å². The molecular formula is C22H19NO4S2. The first-order valence-electron chi connectivity index (χ1n) is 8.87. The van der Waals surface area contributed by atoms with E-state index in [0.29, 0.717) is 22.8 Å². The third-order valence-electron chi connectivity index (χ3n) is 4.25. The molecule has 2 aromatic rings. The fraction of sp³-hybridized carbons (Fsp3) is 0.136. The number of rotatable bonds is 8. The maximum atomic E-state index is 13.0. The van der Waals surface area contributed by atoms with Gasteiger partial charge >= 0.3 is 5.97 Å². The van der Waals surface area contributed by atoms with Crippen LogP contribution in [-0.4, -0.2) is 38.9 Å². The van der Waals surface area contributed by atoms with Gasteiger partial charge in [0.25, 0.3) is 5.91 Å². The van der Waals surface area contributed by atoms with E-state index < -0.39 is 17.9 Å². The number of para-hydroxylation sites is 1. The Balaban J connectivity index is 1.88. The van der Waals surface area contributed by atoms with Gasteiger partial charge in [0.2, 0.25) is 0 Å². The van der Waals surface area contributed by atoms with Gasteiger partial charge in [0.1, 0.15) is 22.7 Å². The number of amides is 1. The minimum absolute atomic E-state index is 0.176. The Bertz CT molecular complexity index is 972. The molecule has 1 fully saturated rings. The molecule has 1 aliphatic rings. The van der Waals surface area contributed by atoms with Gasteiger partial charge in [-0.15, -0.1) is 0 Å². The lowest BCUT2D eigenvalue weighted by Crippen LogP contribution is -2.45. The van der Waals surface area contributed by atoms with Crippen molar-refractivity contribution in [2.75, 3.05) is 6.61 Å². The van der Waals surface area contributed by atoms with Crippen LogP contribution in [0.1, 0.15) is 11.1 Å². The standard InChI is InChI=1S/C22H19NO4S2/c1-2-12-27-18-11-7-6-10-16(18)14-19-20(24)23(22(28)29-19)17(21(25)26)13-15-8-4-3-5-9-15/h2-11,14,17H,1,12-13H2,(H,25,26)/b19-14-/t17-/m1/s1. The zero-order chi connectivity index (χ0) is 20.8. The van der Waals surface area contributed by atoms with Crippen LogP contribution in [0.25, 0.3) is 6.08 Å². The Labute approximate surface area is 178 Å². The number of hydrogen-bond acceptors (Lipinski definition) is 5. The van der Waals surface area contributed by atoms with Crippen LogP contribution in [-0.2, 0) is 16.0 Å². The summed E-state index contributed by atoms with van der Waals surface area (Å²) >= 11 is 6.44. The van der Waals surface area contributed by atoms with Gasteiger partial charge in [-0.05, 0) is 17.7 Å². The van der Waals surface area contributed by atoms with Crippen LogP contribution in [0.2, 0.25) is 0 Å². The molecule has 1 atom stereocenters. The van der Waals surface area contributed by atoms with E-state index in [4.69, 9.17) is 17.0 Å². The second kappa shape index (κ2) is 9.54. The Morgan fingerprint density at radius 2 is 1.90 bits per heavy atom. The fourth-order valence-corrected chi connectivity index (χ4v) is 4.24. The molecule has 1 heterocycles. The van der Waals surface area contributed by atoms with E-state index in [9.17, 15) is 14.7 Å². The normalized spacial score (nSPS) is 16.1. The van der Waals surface area contributed by atoms with E-state index in [1.807, 2.05) is 48.5 Å². The van der Waals surface area contributed by atoms with Gasteiger partial charge in [-0.25, -0.2) is 4.79 Å². The topological polar surface area (TPSA) is 66.8 Å². The van der Waals surface area contributed by atoms with Gasteiger partial charge in [0.05, 0.1) is 4.91 Å². The maximum absolute atomic E-state index is 13.0. The summed E-state index contributed by atoms with van der Waals surface area (Å²) in [6, 6.07) is 15.4. The molecule has 0 spiro atoms. The van der Waals surface area contributed by atoms with Crippen LogP contribution in [0.5, 0.6) is 5.75 Å². The molecule has 1 aliphatic heterocycles. The van der Waals surface area contributed by atoms with Gasteiger partial charge in [-0.2, -0.15) is 0 Å². The number of benzene rings is 2. The van der Waals surface area contributed by atoms with E-state index in [1.165, 1.54) is 4.90 Å². The molecule has 1 N–H and O–H groups in total. The van der Waals surface area contributed by atoms with Crippen LogP contribution in [0, 0.1) is 0 Å². The minimum Gasteiger partial charge on any atom is -0.489 e. The molecule has 0 aromatic heterocycles. The van der Waals surface area contributed by atoms with Crippen LogP contribution in [0.15, 0.2) is 72.2 Å². The molecule has 0 radical (unpaired) electrons. The predicted molar refractivity (Wildman–Crippen MR) is 119 cm³/mol. The number of thioether (sulfide) groups is 1. The molecule has 3 rings (SSSR count). The zero-order valence-corrected chi connectivity index (χ0v) is 17.1. The number of nitrogens with zero attached hydrogens (tertiary/aromatic N) is 1. The second-order valence-electron chi connectivity index (χ2n) is 6.23. The van der Waals surface area contributed by atoms with E-state index in [1.54, 1.807) is 18.2 Å². The van der Waals surface area contributed by atoms with Crippen molar-refractivity contribution in [2.45, 2.75) is 12.5 Å². The van der Waals surface area contributed by atoms with Crippen molar-refractivity contribution in [3.8, 4) is 5.75 Å². The lowest BCUT2D eigenvalue weighted by Gasteiger charge is -2.23. The lowest BCUT2D eigenvalue weighted by atomic mass is 10.0. The highest BCUT2D eigenvalue weighted by Crippen LogP contribution is 2.36. The number of ether oxygens (including phenoxy) is 1. The average molecular weight is 426 g/mol. The molecule has 5 nitrogen and oxygen atoms in total.